The molecule has 0 bridgehead atoms. The molecule has 0 radical (unpaired) electrons. The summed E-state index contributed by atoms with van der Waals surface area (Å²) in [5, 5.41) is 0. The molecule has 2 rings (SSSR count). The van der Waals surface area contributed by atoms with Crippen molar-refractivity contribution in [2.75, 3.05) is 25.2 Å². The van der Waals surface area contributed by atoms with Crippen molar-refractivity contribution in [3.8, 4) is 0 Å². The van der Waals surface area contributed by atoms with Gasteiger partial charge in [-0.2, -0.15) is 0 Å². The molecule has 0 aromatic rings. The Morgan fingerprint density at radius 3 is 2.67 bits per heavy atom. The molecule has 0 spiro atoms. The number of nitrogens with zero attached hydrogens (tertiary/aromatic N) is 1. The lowest BCUT2D eigenvalue weighted by molar-refractivity contribution is -0.135. The van der Waals surface area contributed by atoms with E-state index in [0.29, 0.717) is 12.8 Å². The third-order valence-corrected chi connectivity index (χ3v) is 5.58. The molecule has 2 heterocycles. The minimum absolute atomic E-state index is 0.00370. The summed E-state index contributed by atoms with van der Waals surface area (Å²) < 4.78 is 28.3. The van der Waals surface area contributed by atoms with Crippen molar-refractivity contribution in [2.45, 2.75) is 44.2 Å². The topological polar surface area (TPSA) is 63.7 Å². The Hall–Kier alpha value is -0.620. The first kappa shape index (κ1) is 13.8. The van der Waals surface area contributed by atoms with Gasteiger partial charge in [0.05, 0.1) is 24.0 Å². The summed E-state index contributed by atoms with van der Waals surface area (Å²) in [6.07, 6.45) is 4.08. The molecule has 0 aromatic carbocycles. The van der Waals surface area contributed by atoms with Crippen molar-refractivity contribution in [1.29, 1.82) is 0 Å². The van der Waals surface area contributed by atoms with E-state index in [1.165, 1.54) is 0 Å². The molecule has 5 nitrogen and oxygen atoms in total. The van der Waals surface area contributed by atoms with Crippen LogP contribution in [0.2, 0.25) is 0 Å². The molecule has 0 aliphatic carbocycles. The summed E-state index contributed by atoms with van der Waals surface area (Å²) in [5.41, 5.74) is 0. The van der Waals surface area contributed by atoms with Gasteiger partial charge in [-0.25, -0.2) is 8.42 Å². The minimum atomic E-state index is -2.93. The summed E-state index contributed by atoms with van der Waals surface area (Å²) in [7, 11) is -1.23. The van der Waals surface area contributed by atoms with Gasteiger partial charge in [0.25, 0.3) is 0 Å². The van der Waals surface area contributed by atoms with E-state index in [9.17, 15) is 13.2 Å². The van der Waals surface area contributed by atoms with Crippen molar-refractivity contribution < 1.29 is 17.9 Å². The van der Waals surface area contributed by atoms with Crippen LogP contribution in [0.15, 0.2) is 0 Å². The smallest absolute Gasteiger partial charge is 0.225 e. The van der Waals surface area contributed by atoms with Gasteiger partial charge in [-0.1, -0.05) is 0 Å². The molecule has 2 fully saturated rings. The van der Waals surface area contributed by atoms with Crippen molar-refractivity contribution in [3.05, 3.63) is 0 Å². The maximum atomic E-state index is 12.1. The Morgan fingerprint density at radius 1 is 1.33 bits per heavy atom. The largest absolute Gasteiger partial charge is 0.378 e. The number of carbonyl (C=O) groups excluding carboxylic acids is 1. The molecule has 18 heavy (non-hydrogen) atoms. The zero-order valence-electron chi connectivity index (χ0n) is 10.8. The number of carbonyl (C=O) groups is 1. The van der Waals surface area contributed by atoms with Gasteiger partial charge < -0.3 is 9.64 Å². The van der Waals surface area contributed by atoms with Crippen molar-refractivity contribution in [1.82, 2.24) is 4.90 Å². The Labute approximate surface area is 108 Å². The molecule has 0 N–H and O–H groups in total. The molecule has 2 aliphatic heterocycles. The molecule has 6 heteroatoms. The fourth-order valence-corrected chi connectivity index (χ4v) is 4.37. The first-order valence-corrected chi connectivity index (χ1v) is 8.38. The van der Waals surface area contributed by atoms with E-state index in [2.05, 4.69) is 0 Å². The lowest BCUT2D eigenvalue weighted by Crippen LogP contribution is -2.40. The average Bonchev–Trinajstić information content (AvgIpc) is 2.70. The van der Waals surface area contributed by atoms with Crippen LogP contribution in [0.3, 0.4) is 0 Å². The Morgan fingerprint density at radius 2 is 2.11 bits per heavy atom. The van der Waals surface area contributed by atoms with Gasteiger partial charge in [0, 0.05) is 19.7 Å². The van der Waals surface area contributed by atoms with Gasteiger partial charge >= 0.3 is 0 Å². The second-order valence-electron chi connectivity index (χ2n) is 5.25. The number of sulfone groups is 1. The third-order valence-electron chi connectivity index (χ3n) is 3.83. The number of hydrogen-bond acceptors (Lipinski definition) is 4. The predicted molar refractivity (Wildman–Crippen MR) is 68.0 cm³/mol. The van der Waals surface area contributed by atoms with E-state index in [-0.39, 0.29) is 29.6 Å². The molecule has 1 amide bonds. The zero-order valence-corrected chi connectivity index (χ0v) is 11.6. The number of amides is 1. The standard InChI is InChI=1S/C12H21NO4S/c1-13(10-5-7-18(15,16)9-10)12(14)8-11-4-2-3-6-17-11/h10-11H,2-9H2,1H3. The van der Waals surface area contributed by atoms with Crippen LogP contribution >= 0.6 is 0 Å². The zero-order chi connectivity index (χ0) is 13.2. The van der Waals surface area contributed by atoms with Crippen LogP contribution in [0.4, 0.5) is 0 Å². The minimum Gasteiger partial charge on any atom is -0.378 e. The highest BCUT2D eigenvalue weighted by Crippen LogP contribution is 2.20. The van der Waals surface area contributed by atoms with Gasteiger partial charge in [-0.05, 0) is 25.7 Å². The quantitative estimate of drug-likeness (QED) is 0.756. The fourth-order valence-electron chi connectivity index (χ4n) is 2.59. The van der Waals surface area contributed by atoms with Crippen LogP contribution in [-0.2, 0) is 19.4 Å². The second kappa shape index (κ2) is 5.57. The maximum Gasteiger partial charge on any atom is 0.225 e. The highest BCUT2D eigenvalue weighted by Gasteiger charge is 2.33. The molecule has 0 aromatic heterocycles. The summed E-state index contributed by atoms with van der Waals surface area (Å²) in [5.74, 6) is 0.319. The van der Waals surface area contributed by atoms with Crippen molar-refractivity contribution >= 4 is 15.7 Å². The molecule has 2 aliphatic rings. The molecule has 2 atom stereocenters. The SMILES string of the molecule is CN(C(=O)CC1CCCCO1)C1CCS(=O)(=O)C1. The van der Waals surface area contributed by atoms with E-state index < -0.39 is 9.84 Å². The van der Waals surface area contributed by atoms with Crippen LogP contribution in [0.25, 0.3) is 0 Å². The fraction of sp³-hybridized carbons (Fsp3) is 0.917. The van der Waals surface area contributed by atoms with Gasteiger partial charge in [-0.15, -0.1) is 0 Å². The third kappa shape index (κ3) is 3.45. The molecule has 104 valence electrons. The molecule has 0 saturated carbocycles. The number of ether oxygens (including phenoxy) is 1. The Kier molecular flexibility index (Phi) is 4.27. The van der Waals surface area contributed by atoms with E-state index >= 15 is 0 Å². The monoisotopic (exact) mass is 275 g/mol. The van der Waals surface area contributed by atoms with E-state index in [1.54, 1.807) is 11.9 Å². The van der Waals surface area contributed by atoms with Crippen molar-refractivity contribution in [3.63, 3.8) is 0 Å². The van der Waals surface area contributed by atoms with Gasteiger partial charge in [0.2, 0.25) is 5.91 Å². The Balaban J connectivity index is 1.85. The predicted octanol–water partition coefficient (Wildman–Crippen LogP) is 0.591. The van der Waals surface area contributed by atoms with E-state index in [1.807, 2.05) is 0 Å². The lowest BCUT2D eigenvalue weighted by atomic mass is 10.1. The van der Waals surface area contributed by atoms with E-state index in [0.717, 1.165) is 25.9 Å². The average molecular weight is 275 g/mol. The molecule has 2 saturated heterocycles. The van der Waals surface area contributed by atoms with Crippen LogP contribution in [0.1, 0.15) is 32.1 Å². The van der Waals surface area contributed by atoms with Crippen LogP contribution < -0.4 is 0 Å². The van der Waals surface area contributed by atoms with E-state index in [4.69, 9.17) is 4.74 Å². The molecular weight excluding hydrogens is 254 g/mol. The summed E-state index contributed by atoms with van der Waals surface area (Å²) >= 11 is 0. The van der Waals surface area contributed by atoms with Crippen LogP contribution in [0.5, 0.6) is 0 Å². The summed E-state index contributed by atoms with van der Waals surface area (Å²) in [6, 6.07) is -0.147. The highest BCUT2D eigenvalue weighted by molar-refractivity contribution is 7.91. The molecule has 2 unspecified atom stereocenters. The van der Waals surface area contributed by atoms with Gasteiger partial charge in [0.1, 0.15) is 0 Å². The van der Waals surface area contributed by atoms with Gasteiger partial charge in [0.15, 0.2) is 9.84 Å². The highest BCUT2D eigenvalue weighted by atomic mass is 32.2. The second-order valence-corrected chi connectivity index (χ2v) is 7.48. The summed E-state index contributed by atoms with van der Waals surface area (Å²) in [6.45, 7) is 0.736. The molecular formula is C12H21NO4S. The first-order chi connectivity index (χ1) is 8.48. The maximum absolute atomic E-state index is 12.1. The summed E-state index contributed by atoms with van der Waals surface area (Å²) in [4.78, 5) is 13.7. The van der Waals surface area contributed by atoms with Crippen molar-refractivity contribution in [2.24, 2.45) is 0 Å². The number of hydrogen-bond donors (Lipinski definition) is 0. The lowest BCUT2D eigenvalue weighted by Gasteiger charge is -2.27. The normalized spacial score (nSPS) is 31.2. The van der Waals surface area contributed by atoms with Crippen LogP contribution in [0, 0.1) is 0 Å². The van der Waals surface area contributed by atoms with Crippen LogP contribution in [-0.4, -0.2) is 56.5 Å². The van der Waals surface area contributed by atoms with Gasteiger partial charge in [-0.3, -0.25) is 4.79 Å². The first-order valence-electron chi connectivity index (χ1n) is 6.55. The number of rotatable bonds is 3. The Bertz CT molecular complexity index is 400.